The lowest BCUT2D eigenvalue weighted by Gasteiger charge is -2.39. The molecule has 1 heterocycles. The van der Waals surface area contributed by atoms with Crippen molar-refractivity contribution in [3.8, 4) is 5.75 Å². The van der Waals surface area contributed by atoms with E-state index in [4.69, 9.17) is 4.74 Å². The summed E-state index contributed by atoms with van der Waals surface area (Å²) in [5, 5.41) is 0. The number of halogens is 2. The second-order valence-electron chi connectivity index (χ2n) is 12.9. The molecule has 3 saturated carbocycles. The minimum absolute atomic E-state index is 0.103. The predicted octanol–water partition coefficient (Wildman–Crippen LogP) is 10.1. The van der Waals surface area contributed by atoms with Crippen molar-refractivity contribution in [2.45, 2.75) is 142 Å². The summed E-state index contributed by atoms with van der Waals surface area (Å²) in [6.45, 7) is 3.89. The first-order valence-corrected chi connectivity index (χ1v) is 15.7. The fourth-order valence-corrected chi connectivity index (χ4v) is 8.62. The Morgan fingerprint density at radius 2 is 1.39 bits per heavy atom. The van der Waals surface area contributed by atoms with Gasteiger partial charge < -0.3 is 4.74 Å². The molecule has 202 valence electrons. The van der Waals surface area contributed by atoms with Gasteiger partial charge in [-0.3, -0.25) is 0 Å². The van der Waals surface area contributed by atoms with Crippen molar-refractivity contribution in [1.82, 2.24) is 0 Å². The summed E-state index contributed by atoms with van der Waals surface area (Å²) < 4.78 is 36.4. The van der Waals surface area contributed by atoms with Crippen molar-refractivity contribution < 1.29 is 13.5 Å². The molecule has 0 N–H and O–H groups in total. The SMILES string of the molecule is CCCC1CCC(C2CCc3cc(C4CCC(C5CCC(CC)CC5)CC4)c(CF)c(F)c3O2)CC1. The van der Waals surface area contributed by atoms with Crippen LogP contribution in [0.15, 0.2) is 6.07 Å². The van der Waals surface area contributed by atoms with Gasteiger partial charge in [0.05, 0.1) is 0 Å². The van der Waals surface area contributed by atoms with Crippen LogP contribution in [0.3, 0.4) is 0 Å². The van der Waals surface area contributed by atoms with E-state index in [1.54, 1.807) is 0 Å². The zero-order chi connectivity index (χ0) is 25.1. The van der Waals surface area contributed by atoms with Gasteiger partial charge in [0.25, 0.3) is 0 Å². The first kappa shape index (κ1) is 26.5. The maximum Gasteiger partial charge on any atom is 0.171 e. The second-order valence-corrected chi connectivity index (χ2v) is 12.9. The van der Waals surface area contributed by atoms with Gasteiger partial charge in [0.1, 0.15) is 12.8 Å². The Hall–Kier alpha value is -1.12. The fourth-order valence-electron chi connectivity index (χ4n) is 8.62. The molecule has 0 amide bonds. The van der Waals surface area contributed by atoms with Crippen LogP contribution >= 0.6 is 0 Å². The van der Waals surface area contributed by atoms with Crippen LogP contribution in [0.25, 0.3) is 0 Å². The number of alkyl halides is 1. The van der Waals surface area contributed by atoms with Crippen LogP contribution in [0.1, 0.15) is 139 Å². The van der Waals surface area contributed by atoms with E-state index in [1.807, 2.05) is 0 Å². The molecular formula is C33H50F2O. The fraction of sp³-hybridized carbons (Fsp3) is 0.818. The van der Waals surface area contributed by atoms with E-state index >= 15 is 4.39 Å². The minimum atomic E-state index is -0.717. The number of hydrogen-bond donors (Lipinski definition) is 0. The normalized spacial score (nSPS) is 35.2. The quantitative estimate of drug-likeness (QED) is 0.362. The Morgan fingerprint density at radius 3 is 2.00 bits per heavy atom. The predicted molar refractivity (Wildman–Crippen MR) is 145 cm³/mol. The van der Waals surface area contributed by atoms with Crippen LogP contribution in [0.5, 0.6) is 5.75 Å². The molecule has 3 fully saturated rings. The third-order valence-corrected chi connectivity index (χ3v) is 11.0. The summed E-state index contributed by atoms with van der Waals surface area (Å²) in [5.41, 5.74) is 2.26. The van der Waals surface area contributed by atoms with Gasteiger partial charge in [0.2, 0.25) is 0 Å². The topological polar surface area (TPSA) is 9.23 Å². The average molecular weight is 501 g/mol. The molecule has 4 aliphatic rings. The van der Waals surface area contributed by atoms with Gasteiger partial charge >= 0.3 is 0 Å². The van der Waals surface area contributed by atoms with Crippen molar-refractivity contribution >= 4 is 0 Å². The number of ether oxygens (including phenoxy) is 1. The zero-order valence-corrected chi connectivity index (χ0v) is 23.0. The molecule has 0 saturated heterocycles. The Labute approximate surface area is 219 Å². The number of hydrogen-bond acceptors (Lipinski definition) is 1. The number of aryl methyl sites for hydroxylation is 1. The van der Waals surface area contributed by atoms with E-state index in [1.165, 1.54) is 83.5 Å². The molecule has 3 heteroatoms. The molecular weight excluding hydrogens is 450 g/mol. The smallest absolute Gasteiger partial charge is 0.171 e. The maximum atomic E-state index is 15.7. The summed E-state index contributed by atoms with van der Waals surface area (Å²) in [6.07, 6.45) is 21.1. The molecule has 0 radical (unpaired) electrons. The molecule has 1 unspecified atom stereocenters. The van der Waals surface area contributed by atoms with Crippen molar-refractivity contribution in [2.24, 2.45) is 29.6 Å². The summed E-state index contributed by atoms with van der Waals surface area (Å²) in [6, 6.07) is 2.15. The monoisotopic (exact) mass is 500 g/mol. The van der Waals surface area contributed by atoms with Gasteiger partial charge in [-0.25, -0.2) is 8.78 Å². The molecule has 5 rings (SSSR count). The Balaban J connectivity index is 1.23. The van der Waals surface area contributed by atoms with Crippen molar-refractivity contribution in [3.63, 3.8) is 0 Å². The van der Waals surface area contributed by atoms with Crippen LogP contribution in [0, 0.1) is 35.4 Å². The molecule has 1 aromatic rings. The van der Waals surface area contributed by atoms with Gasteiger partial charge in [-0.15, -0.1) is 0 Å². The highest BCUT2D eigenvalue weighted by Crippen LogP contribution is 2.47. The first-order valence-electron chi connectivity index (χ1n) is 15.7. The van der Waals surface area contributed by atoms with Gasteiger partial charge in [0, 0.05) is 5.56 Å². The number of benzene rings is 1. The van der Waals surface area contributed by atoms with Gasteiger partial charge in [-0.05, 0) is 111 Å². The molecule has 0 aromatic heterocycles. The van der Waals surface area contributed by atoms with E-state index in [2.05, 4.69) is 19.9 Å². The standard InChI is InChI=1S/C33H50F2O/c1-3-5-23-8-12-27(13-9-23)31-19-18-28-20-29(30(21-34)32(35)33(28)36-31)26-16-14-25(15-17-26)24-10-6-22(4-2)7-11-24/h20,22-27,31H,3-19,21H2,1-2H3. The minimum Gasteiger partial charge on any atom is -0.487 e. The lowest BCUT2D eigenvalue weighted by atomic mass is 9.67. The average Bonchev–Trinajstić information content (AvgIpc) is 2.93. The molecule has 1 aromatic carbocycles. The molecule has 1 atom stereocenters. The van der Waals surface area contributed by atoms with Crippen molar-refractivity contribution in [3.05, 3.63) is 28.6 Å². The molecule has 3 aliphatic carbocycles. The van der Waals surface area contributed by atoms with Crippen molar-refractivity contribution in [1.29, 1.82) is 0 Å². The lowest BCUT2D eigenvalue weighted by Crippen LogP contribution is -2.34. The highest BCUT2D eigenvalue weighted by atomic mass is 19.1. The summed E-state index contributed by atoms with van der Waals surface area (Å²) in [4.78, 5) is 0. The van der Waals surface area contributed by atoms with E-state index < -0.39 is 6.67 Å². The van der Waals surface area contributed by atoms with Gasteiger partial charge in [-0.2, -0.15) is 0 Å². The highest BCUT2D eigenvalue weighted by molar-refractivity contribution is 5.47. The number of fused-ring (bicyclic) bond motifs is 1. The zero-order valence-electron chi connectivity index (χ0n) is 23.0. The summed E-state index contributed by atoms with van der Waals surface area (Å²) >= 11 is 0. The Morgan fingerprint density at radius 1 is 0.778 bits per heavy atom. The van der Waals surface area contributed by atoms with Crippen LogP contribution in [0.2, 0.25) is 0 Å². The van der Waals surface area contributed by atoms with E-state index in [-0.39, 0.29) is 11.9 Å². The van der Waals surface area contributed by atoms with E-state index in [0.29, 0.717) is 23.1 Å². The van der Waals surface area contributed by atoms with Crippen LogP contribution in [-0.4, -0.2) is 6.10 Å². The third-order valence-electron chi connectivity index (χ3n) is 11.0. The number of rotatable bonds is 7. The summed E-state index contributed by atoms with van der Waals surface area (Å²) in [5.74, 6) is 4.37. The third kappa shape index (κ3) is 5.65. The molecule has 0 spiro atoms. The molecule has 1 nitrogen and oxygen atoms in total. The van der Waals surface area contributed by atoms with Gasteiger partial charge in [0.15, 0.2) is 11.6 Å². The van der Waals surface area contributed by atoms with Crippen LogP contribution < -0.4 is 4.74 Å². The lowest BCUT2D eigenvalue weighted by molar-refractivity contribution is 0.0714. The highest BCUT2D eigenvalue weighted by Gasteiger charge is 2.36. The Kier molecular flexibility index (Phi) is 8.95. The second kappa shape index (κ2) is 12.2. The van der Waals surface area contributed by atoms with Gasteiger partial charge in [-0.1, -0.05) is 64.9 Å². The van der Waals surface area contributed by atoms with E-state index in [9.17, 15) is 4.39 Å². The van der Waals surface area contributed by atoms with E-state index in [0.717, 1.165) is 60.5 Å². The molecule has 1 aliphatic heterocycles. The maximum absolute atomic E-state index is 15.7. The molecule has 36 heavy (non-hydrogen) atoms. The van der Waals surface area contributed by atoms with Crippen LogP contribution in [-0.2, 0) is 13.1 Å². The summed E-state index contributed by atoms with van der Waals surface area (Å²) in [7, 11) is 0. The van der Waals surface area contributed by atoms with Crippen molar-refractivity contribution in [2.75, 3.05) is 0 Å². The Bertz CT molecular complexity index is 842. The van der Waals surface area contributed by atoms with Crippen LogP contribution in [0.4, 0.5) is 8.78 Å². The largest absolute Gasteiger partial charge is 0.487 e. The molecule has 0 bridgehead atoms. The first-order chi connectivity index (χ1) is 17.6.